The second kappa shape index (κ2) is 6.78. The summed E-state index contributed by atoms with van der Waals surface area (Å²) in [5.74, 6) is 0. The summed E-state index contributed by atoms with van der Waals surface area (Å²) < 4.78 is 1.09. The third-order valence-electron chi connectivity index (χ3n) is 2.39. The summed E-state index contributed by atoms with van der Waals surface area (Å²) in [6.07, 6.45) is 0. The van der Waals surface area contributed by atoms with Gasteiger partial charge in [-0.3, -0.25) is 0 Å². The molecule has 4 heteroatoms. The van der Waals surface area contributed by atoms with E-state index in [4.69, 9.17) is 0 Å². The maximum absolute atomic E-state index is 4.67. The maximum Gasteiger partial charge on any atom is 0.168 e. The molecule has 0 unspecified atom stereocenters. The molecule has 0 aliphatic rings. The predicted molar refractivity (Wildman–Crippen MR) is 87.2 cm³/mol. The Hall–Kier alpha value is -1.26. The first-order valence-electron chi connectivity index (χ1n) is 5.89. The van der Waals surface area contributed by atoms with Crippen molar-refractivity contribution in [2.75, 3.05) is 14.1 Å². The molecule has 0 radical (unpaired) electrons. The molecular weight excluding hydrogens is 320 g/mol. The van der Waals surface area contributed by atoms with Gasteiger partial charge in [-0.25, -0.2) is 4.99 Å². The molecule has 0 fully saturated rings. The molecule has 0 atom stereocenters. The number of halogens is 1. The van der Waals surface area contributed by atoms with Crippen molar-refractivity contribution < 1.29 is 0 Å². The van der Waals surface area contributed by atoms with Gasteiger partial charge in [0.25, 0.3) is 0 Å². The van der Waals surface area contributed by atoms with E-state index >= 15 is 0 Å². The number of hydrogen-bond acceptors (Lipinski definition) is 2. The number of aliphatic imine (C=N–C) groups is 1. The van der Waals surface area contributed by atoms with E-state index < -0.39 is 0 Å². The minimum absolute atomic E-state index is 0.966. The Kier molecular flexibility index (Phi) is 5.05. The Balaban J connectivity index is 2.21. The molecule has 0 aromatic heterocycles. The zero-order valence-electron chi connectivity index (χ0n) is 10.9. The SMILES string of the molecule is CN(C)C(=Nc1ccccc1)Sc1ccc(Br)cc1. The summed E-state index contributed by atoms with van der Waals surface area (Å²) in [7, 11) is 4.02. The molecule has 19 heavy (non-hydrogen) atoms. The highest BCUT2D eigenvalue weighted by Gasteiger charge is 2.05. The van der Waals surface area contributed by atoms with Crippen LogP contribution in [-0.4, -0.2) is 24.2 Å². The molecule has 0 aliphatic heterocycles. The fraction of sp³-hybridized carbons (Fsp3) is 0.133. The standard InChI is InChI=1S/C15H15BrN2S/c1-18(2)15(17-13-6-4-3-5-7-13)19-14-10-8-12(16)9-11-14/h3-11H,1-2H3. The van der Waals surface area contributed by atoms with Crippen LogP contribution in [0, 0.1) is 0 Å². The van der Waals surface area contributed by atoms with Crippen LogP contribution in [0.3, 0.4) is 0 Å². The van der Waals surface area contributed by atoms with E-state index in [-0.39, 0.29) is 0 Å². The van der Waals surface area contributed by atoms with Gasteiger partial charge in [0.05, 0.1) is 5.69 Å². The van der Waals surface area contributed by atoms with Crippen molar-refractivity contribution in [2.45, 2.75) is 4.90 Å². The van der Waals surface area contributed by atoms with Gasteiger partial charge in [-0.05, 0) is 36.4 Å². The van der Waals surface area contributed by atoms with Crippen LogP contribution in [0.2, 0.25) is 0 Å². The third-order valence-corrected chi connectivity index (χ3v) is 4.06. The van der Waals surface area contributed by atoms with Crippen molar-refractivity contribution >= 4 is 38.5 Å². The van der Waals surface area contributed by atoms with Gasteiger partial charge >= 0.3 is 0 Å². The van der Waals surface area contributed by atoms with Crippen molar-refractivity contribution in [3.05, 3.63) is 59.1 Å². The van der Waals surface area contributed by atoms with Crippen molar-refractivity contribution in [3.8, 4) is 0 Å². The Morgan fingerprint density at radius 3 is 2.21 bits per heavy atom. The fourth-order valence-electron chi connectivity index (χ4n) is 1.44. The number of nitrogens with zero attached hydrogens (tertiary/aromatic N) is 2. The Labute approximate surface area is 126 Å². The molecule has 0 saturated heterocycles. The summed E-state index contributed by atoms with van der Waals surface area (Å²) in [5, 5.41) is 0.966. The van der Waals surface area contributed by atoms with Gasteiger partial charge in [0.1, 0.15) is 0 Å². The largest absolute Gasteiger partial charge is 0.357 e. The fourth-order valence-corrected chi connectivity index (χ4v) is 2.52. The molecular formula is C15H15BrN2S. The highest BCUT2D eigenvalue weighted by molar-refractivity contribution is 9.10. The first-order chi connectivity index (χ1) is 9.15. The second-order valence-corrected chi connectivity index (χ2v) is 6.14. The van der Waals surface area contributed by atoms with Crippen molar-refractivity contribution in [1.29, 1.82) is 0 Å². The summed E-state index contributed by atoms with van der Waals surface area (Å²) in [4.78, 5) is 7.87. The van der Waals surface area contributed by atoms with Gasteiger partial charge in [0.15, 0.2) is 5.17 Å². The molecule has 0 N–H and O–H groups in total. The number of hydrogen-bond donors (Lipinski definition) is 0. The molecule has 0 bridgehead atoms. The molecule has 98 valence electrons. The first-order valence-corrected chi connectivity index (χ1v) is 7.50. The van der Waals surface area contributed by atoms with Crippen molar-refractivity contribution in [1.82, 2.24) is 4.90 Å². The molecule has 2 aromatic rings. The van der Waals surface area contributed by atoms with Crippen LogP contribution in [0.5, 0.6) is 0 Å². The van der Waals surface area contributed by atoms with Gasteiger partial charge in [0, 0.05) is 23.5 Å². The lowest BCUT2D eigenvalue weighted by atomic mass is 10.3. The third kappa shape index (κ3) is 4.40. The monoisotopic (exact) mass is 334 g/mol. The molecule has 0 amide bonds. The summed E-state index contributed by atoms with van der Waals surface area (Å²) in [6, 6.07) is 18.2. The van der Waals surface area contributed by atoms with Crippen molar-refractivity contribution in [2.24, 2.45) is 4.99 Å². The lowest BCUT2D eigenvalue weighted by Gasteiger charge is -2.15. The zero-order chi connectivity index (χ0) is 13.7. The quantitative estimate of drug-likeness (QED) is 0.445. The summed E-state index contributed by atoms with van der Waals surface area (Å²) in [6.45, 7) is 0. The molecule has 0 aliphatic carbocycles. The molecule has 2 rings (SSSR count). The molecule has 0 saturated carbocycles. The number of amidine groups is 1. The van der Waals surface area contributed by atoms with Crippen LogP contribution < -0.4 is 0 Å². The number of rotatable bonds is 2. The van der Waals surface area contributed by atoms with Gasteiger partial charge in [0.2, 0.25) is 0 Å². The Morgan fingerprint density at radius 1 is 1.00 bits per heavy atom. The van der Waals surface area contributed by atoms with Crippen LogP contribution in [0.25, 0.3) is 0 Å². The van der Waals surface area contributed by atoms with Gasteiger partial charge < -0.3 is 4.90 Å². The zero-order valence-corrected chi connectivity index (χ0v) is 13.3. The van der Waals surface area contributed by atoms with Gasteiger partial charge in [-0.15, -0.1) is 0 Å². The Morgan fingerprint density at radius 2 is 1.63 bits per heavy atom. The minimum atomic E-state index is 0.966. The summed E-state index contributed by atoms with van der Waals surface area (Å²) in [5.41, 5.74) is 0.968. The van der Waals surface area contributed by atoms with Crippen LogP contribution in [0.4, 0.5) is 5.69 Å². The highest BCUT2D eigenvalue weighted by Crippen LogP contribution is 2.25. The van der Waals surface area contributed by atoms with Crippen molar-refractivity contribution in [3.63, 3.8) is 0 Å². The van der Waals surface area contributed by atoms with E-state index in [1.54, 1.807) is 11.8 Å². The van der Waals surface area contributed by atoms with Gasteiger partial charge in [-0.1, -0.05) is 45.9 Å². The lowest BCUT2D eigenvalue weighted by Crippen LogP contribution is -2.18. The summed E-state index contributed by atoms with van der Waals surface area (Å²) >= 11 is 5.10. The normalized spacial score (nSPS) is 11.4. The Bertz CT molecular complexity index is 550. The number of para-hydroxylation sites is 1. The molecule has 0 spiro atoms. The van der Waals surface area contributed by atoms with E-state index in [1.165, 1.54) is 4.90 Å². The van der Waals surface area contributed by atoms with E-state index in [2.05, 4.69) is 33.1 Å². The van der Waals surface area contributed by atoms with Crippen LogP contribution in [0.1, 0.15) is 0 Å². The van der Waals surface area contributed by atoms with Crippen LogP contribution in [-0.2, 0) is 0 Å². The van der Waals surface area contributed by atoms with E-state index in [9.17, 15) is 0 Å². The number of thioether (sulfide) groups is 1. The van der Waals surface area contributed by atoms with Crippen LogP contribution in [0.15, 0.2) is 69.0 Å². The average Bonchev–Trinajstić information content (AvgIpc) is 2.41. The first kappa shape index (κ1) is 14.2. The maximum atomic E-state index is 4.67. The number of benzene rings is 2. The van der Waals surface area contributed by atoms with Gasteiger partial charge in [-0.2, -0.15) is 0 Å². The van der Waals surface area contributed by atoms with E-state index in [1.807, 2.05) is 61.5 Å². The highest BCUT2D eigenvalue weighted by atomic mass is 79.9. The average molecular weight is 335 g/mol. The lowest BCUT2D eigenvalue weighted by molar-refractivity contribution is 0.636. The van der Waals surface area contributed by atoms with Crippen LogP contribution >= 0.6 is 27.7 Å². The van der Waals surface area contributed by atoms with E-state index in [0.717, 1.165) is 15.3 Å². The molecule has 2 aromatic carbocycles. The van der Waals surface area contributed by atoms with E-state index in [0.29, 0.717) is 0 Å². The topological polar surface area (TPSA) is 15.6 Å². The predicted octanol–water partition coefficient (Wildman–Crippen LogP) is 4.79. The second-order valence-electron chi connectivity index (χ2n) is 4.18. The molecule has 0 heterocycles. The minimum Gasteiger partial charge on any atom is -0.357 e. The smallest absolute Gasteiger partial charge is 0.168 e. The molecule has 2 nitrogen and oxygen atoms in total.